The zero-order valence-electron chi connectivity index (χ0n) is 15.7. The molecule has 2 atom stereocenters. The molecule has 0 saturated heterocycles. The molecule has 2 aromatic carbocycles. The highest BCUT2D eigenvalue weighted by atomic mass is 16.6. The van der Waals surface area contributed by atoms with Crippen LogP contribution in [0.4, 0.5) is 4.79 Å². The molecule has 0 spiro atoms. The number of amides is 1. The average molecular weight is 351 g/mol. The summed E-state index contributed by atoms with van der Waals surface area (Å²) in [5, 5.41) is 2.96. The van der Waals surface area contributed by atoms with Crippen LogP contribution in [0.3, 0.4) is 0 Å². The Morgan fingerprint density at radius 2 is 1.69 bits per heavy atom. The Hall–Kier alpha value is -2.62. The van der Waals surface area contributed by atoms with Gasteiger partial charge in [0, 0.05) is 5.56 Å². The number of alkyl carbamates (subject to hydrolysis) is 1. The Morgan fingerprint density at radius 3 is 2.31 bits per heavy atom. The summed E-state index contributed by atoms with van der Waals surface area (Å²) < 4.78 is 5.45. The van der Waals surface area contributed by atoms with E-state index in [0.717, 1.165) is 16.7 Å². The summed E-state index contributed by atoms with van der Waals surface area (Å²) in [6.45, 7) is 7.39. The molecule has 3 rings (SSSR count). The van der Waals surface area contributed by atoms with Crippen molar-refractivity contribution >= 4 is 11.9 Å². The van der Waals surface area contributed by atoms with Crippen molar-refractivity contribution in [1.29, 1.82) is 0 Å². The Labute approximate surface area is 154 Å². The average Bonchev–Trinajstić information content (AvgIpc) is 2.84. The number of ketones is 1. The second-order valence-electron chi connectivity index (χ2n) is 8.07. The highest BCUT2D eigenvalue weighted by Gasteiger charge is 2.48. The fourth-order valence-electron chi connectivity index (χ4n) is 3.59. The van der Waals surface area contributed by atoms with Gasteiger partial charge >= 0.3 is 6.09 Å². The molecule has 0 bridgehead atoms. The van der Waals surface area contributed by atoms with Crippen LogP contribution in [0.1, 0.15) is 55.2 Å². The topological polar surface area (TPSA) is 55.4 Å². The zero-order chi connectivity index (χ0) is 18.9. The molecule has 26 heavy (non-hydrogen) atoms. The lowest BCUT2D eigenvalue weighted by atomic mass is 9.75. The number of rotatable bonds is 3. The van der Waals surface area contributed by atoms with E-state index in [2.05, 4.69) is 5.32 Å². The Morgan fingerprint density at radius 1 is 1.08 bits per heavy atom. The van der Waals surface area contributed by atoms with Crippen LogP contribution in [0, 0.1) is 5.41 Å². The summed E-state index contributed by atoms with van der Waals surface area (Å²) in [5.41, 5.74) is 1.28. The van der Waals surface area contributed by atoms with Crippen LogP contribution >= 0.6 is 0 Å². The molecule has 1 amide bonds. The molecule has 0 aromatic heterocycles. The van der Waals surface area contributed by atoms with Gasteiger partial charge in [-0.15, -0.1) is 0 Å². The number of hydrogen-bond acceptors (Lipinski definition) is 3. The number of nitrogens with one attached hydrogen (secondary N) is 1. The van der Waals surface area contributed by atoms with Crippen molar-refractivity contribution in [3.8, 4) is 0 Å². The predicted octanol–water partition coefficient (Wildman–Crippen LogP) is 4.70. The van der Waals surface area contributed by atoms with Gasteiger partial charge in [0.25, 0.3) is 0 Å². The first kappa shape index (κ1) is 18.2. The molecule has 4 nitrogen and oxygen atoms in total. The molecule has 0 radical (unpaired) electrons. The van der Waals surface area contributed by atoms with E-state index in [1.807, 2.05) is 82.3 Å². The highest BCUT2D eigenvalue weighted by molar-refractivity contribution is 6.05. The van der Waals surface area contributed by atoms with E-state index in [1.54, 1.807) is 0 Å². The minimum atomic E-state index is -0.762. The van der Waals surface area contributed by atoms with Gasteiger partial charge in [-0.1, -0.05) is 54.6 Å². The number of hydrogen-bond donors (Lipinski definition) is 1. The van der Waals surface area contributed by atoms with Gasteiger partial charge in [0.2, 0.25) is 0 Å². The standard InChI is InChI=1S/C22H25NO3/c1-21(2,3)26-20(25)23-18(15-10-6-5-7-11-15)22(4)14-16-12-8-9-13-17(16)19(22)24/h5-13,18H,14H2,1-4H3,(H,23,25)/t18-,22+/m0/s1. The summed E-state index contributed by atoms with van der Waals surface area (Å²) in [5.74, 6) is 0.0537. The molecule has 0 heterocycles. The van der Waals surface area contributed by atoms with E-state index < -0.39 is 23.2 Å². The monoisotopic (exact) mass is 351 g/mol. The second kappa shape index (κ2) is 6.60. The molecular formula is C22H25NO3. The smallest absolute Gasteiger partial charge is 0.408 e. The van der Waals surface area contributed by atoms with Crippen LogP contribution < -0.4 is 5.32 Å². The van der Waals surface area contributed by atoms with E-state index in [4.69, 9.17) is 4.74 Å². The van der Waals surface area contributed by atoms with E-state index in [0.29, 0.717) is 6.42 Å². The molecule has 1 N–H and O–H groups in total. The van der Waals surface area contributed by atoms with Crippen molar-refractivity contribution in [3.63, 3.8) is 0 Å². The second-order valence-corrected chi connectivity index (χ2v) is 8.07. The third-order valence-corrected chi connectivity index (χ3v) is 4.77. The number of fused-ring (bicyclic) bond motifs is 1. The van der Waals surface area contributed by atoms with Crippen molar-refractivity contribution in [1.82, 2.24) is 5.32 Å². The molecule has 0 unspecified atom stereocenters. The maximum Gasteiger partial charge on any atom is 0.408 e. The summed E-state index contributed by atoms with van der Waals surface area (Å²) in [4.78, 5) is 25.7. The Kier molecular flexibility index (Phi) is 4.61. The third kappa shape index (κ3) is 3.50. The van der Waals surface area contributed by atoms with Crippen molar-refractivity contribution in [2.45, 2.75) is 45.8 Å². The molecule has 0 fully saturated rings. The zero-order valence-corrected chi connectivity index (χ0v) is 15.7. The van der Waals surface area contributed by atoms with Gasteiger partial charge in [-0.05, 0) is 45.2 Å². The van der Waals surface area contributed by atoms with E-state index >= 15 is 0 Å². The van der Waals surface area contributed by atoms with Crippen LogP contribution in [0.2, 0.25) is 0 Å². The van der Waals surface area contributed by atoms with Crippen molar-refractivity contribution in [3.05, 3.63) is 71.3 Å². The lowest BCUT2D eigenvalue weighted by Gasteiger charge is -2.34. The molecule has 0 saturated carbocycles. The Balaban J connectivity index is 1.97. The number of carbonyl (C=O) groups excluding carboxylic acids is 2. The highest BCUT2D eigenvalue weighted by Crippen LogP contribution is 2.45. The lowest BCUT2D eigenvalue weighted by molar-refractivity contribution is 0.0443. The Bertz CT molecular complexity index is 823. The maximum atomic E-state index is 13.2. The summed E-state index contributed by atoms with van der Waals surface area (Å²) in [6, 6.07) is 16.8. The summed E-state index contributed by atoms with van der Waals surface area (Å²) in [6.07, 6.45) is 0.0634. The van der Waals surface area contributed by atoms with Gasteiger partial charge < -0.3 is 10.1 Å². The molecule has 4 heteroatoms. The van der Waals surface area contributed by atoms with Gasteiger partial charge in [-0.2, -0.15) is 0 Å². The van der Waals surface area contributed by atoms with Crippen LogP contribution in [-0.2, 0) is 11.2 Å². The van der Waals surface area contributed by atoms with E-state index in [1.165, 1.54) is 0 Å². The number of benzene rings is 2. The van der Waals surface area contributed by atoms with Crippen molar-refractivity contribution in [2.75, 3.05) is 0 Å². The van der Waals surface area contributed by atoms with Crippen molar-refractivity contribution < 1.29 is 14.3 Å². The molecule has 2 aromatic rings. The summed E-state index contributed by atoms with van der Waals surface area (Å²) in [7, 11) is 0. The first-order chi connectivity index (χ1) is 12.2. The summed E-state index contributed by atoms with van der Waals surface area (Å²) >= 11 is 0. The van der Waals surface area contributed by atoms with Gasteiger partial charge in [0.05, 0.1) is 11.5 Å². The van der Waals surface area contributed by atoms with Gasteiger partial charge in [0.1, 0.15) is 5.60 Å². The van der Waals surface area contributed by atoms with E-state index in [-0.39, 0.29) is 5.78 Å². The fourth-order valence-corrected chi connectivity index (χ4v) is 3.59. The molecule has 136 valence electrons. The van der Waals surface area contributed by atoms with Gasteiger partial charge in [-0.25, -0.2) is 4.79 Å². The van der Waals surface area contributed by atoms with Crippen LogP contribution in [0.25, 0.3) is 0 Å². The molecular weight excluding hydrogens is 326 g/mol. The van der Waals surface area contributed by atoms with Crippen LogP contribution in [0.5, 0.6) is 0 Å². The molecule has 1 aliphatic rings. The minimum absolute atomic E-state index is 0.0537. The predicted molar refractivity (Wildman–Crippen MR) is 101 cm³/mol. The largest absolute Gasteiger partial charge is 0.444 e. The SMILES string of the molecule is CC(C)(C)OC(=O)N[C@@H](c1ccccc1)[C@@]1(C)Cc2ccccc2C1=O. The van der Waals surface area contributed by atoms with Gasteiger partial charge in [-0.3, -0.25) is 4.79 Å². The number of ether oxygens (including phenoxy) is 1. The molecule has 1 aliphatic carbocycles. The number of carbonyl (C=O) groups is 2. The van der Waals surface area contributed by atoms with E-state index in [9.17, 15) is 9.59 Å². The van der Waals surface area contributed by atoms with Crippen LogP contribution in [0.15, 0.2) is 54.6 Å². The van der Waals surface area contributed by atoms with Crippen LogP contribution in [-0.4, -0.2) is 17.5 Å². The van der Waals surface area contributed by atoms with Gasteiger partial charge in [0.15, 0.2) is 5.78 Å². The number of Topliss-reactive ketones (excluding diaryl/α,β-unsaturated/α-hetero) is 1. The normalized spacial score (nSPS) is 20.4. The lowest BCUT2D eigenvalue weighted by Crippen LogP contribution is -2.44. The van der Waals surface area contributed by atoms with Crippen molar-refractivity contribution in [2.24, 2.45) is 5.41 Å². The molecule has 0 aliphatic heterocycles. The third-order valence-electron chi connectivity index (χ3n) is 4.77. The first-order valence-electron chi connectivity index (χ1n) is 8.88. The quantitative estimate of drug-likeness (QED) is 0.872. The first-order valence-corrected chi connectivity index (χ1v) is 8.88. The minimum Gasteiger partial charge on any atom is -0.444 e. The maximum absolute atomic E-state index is 13.2. The fraction of sp³-hybridized carbons (Fsp3) is 0.364.